The number of hydrogen-bond acceptors (Lipinski definition) is 5. The fourth-order valence-corrected chi connectivity index (χ4v) is 2.14. The van der Waals surface area contributed by atoms with Gasteiger partial charge in [-0.1, -0.05) is 0 Å². The molecule has 0 bridgehead atoms. The highest BCUT2D eigenvalue weighted by atomic mass is 16.5. The monoisotopic (exact) mass is 256 g/mol. The summed E-state index contributed by atoms with van der Waals surface area (Å²) >= 11 is 0. The second-order valence-corrected chi connectivity index (χ2v) is 4.47. The van der Waals surface area contributed by atoms with Crippen LogP contribution in [0.1, 0.15) is 18.2 Å². The number of H-pyrrole nitrogens is 1. The molecule has 7 heteroatoms. The van der Waals surface area contributed by atoms with Crippen LogP contribution in [0.5, 0.6) is 0 Å². The highest BCUT2D eigenvalue weighted by Crippen LogP contribution is 2.31. The molecule has 1 saturated heterocycles. The van der Waals surface area contributed by atoms with Gasteiger partial charge in [-0.25, -0.2) is 4.79 Å². The van der Waals surface area contributed by atoms with Crippen molar-refractivity contribution in [1.29, 1.82) is 0 Å². The molecule has 0 radical (unpaired) electrons. The molecule has 7 nitrogen and oxygen atoms in total. The van der Waals surface area contributed by atoms with Gasteiger partial charge in [-0.3, -0.25) is 14.3 Å². The molecule has 2 heterocycles. The molecule has 3 N–H and O–H groups in total. The fourth-order valence-electron chi connectivity index (χ4n) is 2.14. The summed E-state index contributed by atoms with van der Waals surface area (Å²) in [6, 6.07) is 0. The van der Waals surface area contributed by atoms with Gasteiger partial charge >= 0.3 is 5.69 Å². The van der Waals surface area contributed by atoms with Gasteiger partial charge in [-0.2, -0.15) is 0 Å². The summed E-state index contributed by atoms with van der Waals surface area (Å²) in [5, 5.41) is 18.3. The second-order valence-electron chi connectivity index (χ2n) is 4.47. The van der Waals surface area contributed by atoms with E-state index in [4.69, 9.17) is 14.9 Å². The van der Waals surface area contributed by atoms with Crippen molar-refractivity contribution >= 4 is 0 Å². The van der Waals surface area contributed by atoms with Crippen LogP contribution in [-0.2, 0) is 4.74 Å². The van der Waals surface area contributed by atoms with E-state index in [1.807, 2.05) is 0 Å². The molecule has 0 spiro atoms. The zero-order valence-electron chi connectivity index (χ0n) is 10.00. The van der Waals surface area contributed by atoms with Gasteiger partial charge in [0.2, 0.25) is 0 Å². The number of aromatic amines is 1. The normalized spacial score (nSPS) is 27.6. The molecule has 0 unspecified atom stereocenters. The average molecular weight is 256 g/mol. The van der Waals surface area contributed by atoms with Crippen LogP contribution in [0.15, 0.2) is 15.8 Å². The van der Waals surface area contributed by atoms with Gasteiger partial charge in [0.15, 0.2) is 0 Å². The number of aryl methyl sites for hydroxylation is 1. The van der Waals surface area contributed by atoms with Gasteiger partial charge < -0.3 is 14.9 Å². The molecule has 1 aromatic rings. The first kappa shape index (κ1) is 13.0. The van der Waals surface area contributed by atoms with Crippen molar-refractivity contribution in [3.8, 4) is 0 Å². The molecular formula is C11H16N2O5. The number of rotatable bonds is 3. The summed E-state index contributed by atoms with van der Waals surface area (Å²) in [6.07, 6.45) is 0.800. The number of aromatic nitrogens is 2. The predicted molar refractivity (Wildman–Crippen MR) is 62.2 cm³/mol. The summed E-state index contributed by atoms with van der Waals surface area (Å²) in [7, 11) is 0. The number of aliphatic hydroxyl groups is 2. The highest BCUT2D eigenvalue weighted by molar-refractivity contribution is 5.01. The fraction of sp³-hybridized carbons (Fsp3) is 0.636. The first-order valence-corrected chi connectivity index (χ1v) is 5.76. The zero-order valence-corrected chi connectivity index (χ0v) is 10.00. The number of aliphatic hydroxyl groups excluding tert-OH is 2. The van der Waals surface area contributed by atoms with E-state index in [0.29, 0.717) is 12.0 Å². The number of hydrogen-bond donors (Lipinski definition) is 3. The molecule has 0 amide bonds. The van der Waals surface area contributed by atoms with E-state index in [-0.39, 0.29) is 19.1 Å². The van der Waals surface area contributed by atoms with E-state index in [0.717, 1.165) is 0 Å². The summed E-state index contributed by atoms with van der Waals surface area (Å²) in [6.45, 7) is 1.27. The van der Waals surface area contributed by atoms with E-state index < -0.39 is 23.6 Å². The topological polar surface area (TPSA) is 105 Å². The average Bonchev–Trinajstić information content (AvgIpc) is 2.76. The van der Waals surface area contributed by atoms with Gasteiger partial charge in [0.25, 0.3) is 5.56 Å². The predicted octanol–water partition coefficient (Wildman–Crippen LogP) is -1.27. The van der Waals surface area contributed by atoms with Gasteiger partial charge in [0.05, 0.1) is 12.7 Å². The van der Waals surface area contributed by atoms with E-state index in [9.17, 15) is 9.59 Å². The largest absolute Gasteiger partial charge is 0.396 e. The lowest BCUT2D eigenvalue weighted by Gasteiger charge is -2.15. The van der Waals surface area contributed by atoms with Crippen molar-refractivity contribution in [1.82, 2.24) is 9.55 Å². The van der Waals surface area contributed by atoms with Gasteiger partial charge in [-0.15, -0.1) is 0 Å². The zero-order chi connectivity index (χ0) is 13.3. The van der Waals surface area contributed by atoms with Gasteiger partial charge in [-0.05, 0) is 6.92 Å². The maximum Gasteiger partial charge on any atom is 0.330 e. The van der Waals surface area contributed by atoms with Crippen molar-refractivity contribution in [3.05, 3.63) is 32.6 Å². The summed E-state index contributed by atoms with van der Waals surface area (Å²) < 4.78 is 6.79. The van der Waals surface area contributed by atoms with Gasteiger partial charge in [0, 0.05) is 30.7 Å². The molecule has 0 aromatic carbocycles. The molecule has 18 heavy (non-hydrogen) atoms. The van der Waals surface area contributed by atoms with Crippen molar-refractivity contribution in [3.63, 3.8) is 0 Å². The Balaban J connectivity index is 2.31. The minimum Gasteiger partial charge on any atom is -0.396 e. The summed E-state index contributed by atoms with van der Waals surface area (Å²) in [5.74, 6) is -0.209. The van der Waals surface area contributed by atoms with E-state index in [2.05, 4.69) is 4.98 Å². The quantitative estimate of drug-likeness (QED) is 0.625. The molecular weight excluding hydrogens is 240 g/mol. The Morgan fingerprint density at radius 2 is 2.17 bits per heavy atom. The lowest BCUT2D eigenvalue weighted by Crippen LogP contribution is -2.33. The molecule has 3 atom stereocenters. The number of nitrogens with zero attached hydrogens (tertiary/aromatic N) is 1. The van der Waals surface area contributed by atoms with Crippen molar-refractivity contribution in [2.45, 2.75) is 25.7 Å². The van der Waals surface area contributed by atoms with Crippen LogP contribution >= 0.6 is 0 Å². The first-order chi connectivity index (χ1) is 8.56. The van der Waals surface area contributed by atoms with Gasteiger partial charge in [0.1, 0.15) is 6.23 Å². The smallest absolute Gasteiger partial charge is 0.330 e. The first-order valence-electron chi connectivity index (χ1n) is 5.76. The minimum absolute atomic E-state index is 0.112. The van der Waals surface area contributed by atoms with E-state index in [1.165, 1.54) is 10.8 Å². The SMILES string of the molecule is Cc1cn([C@H]2C[C@@H](CO)[C@@H](CO)O2)c(=O)[nH]c1=O. The Kier molecular flexibility index (Phi) is 3.65. The maximum atomic E-state index is 11.7. The van der Waals surface area contributed by atoms with Crippen LogP contribution in [0, 0.1) is 12.8 Å². The Hall–Kier alpha value is -1.44. The molecule has 1 fully saturated rings. The molecule has 100 valence electrons. The minimum atomic E-state index is -0.567. The lowest BCUT2D eigenvalue weighted by molar-refractivity contribution is -0.0367. The van der Waals surface area contributed by atoms with Crippen molar-refractivity contribution < 1.29 is 14.9 Å². The molecule has 0 aliphatic carbocycles. The van der Waals surface area contributed by atoms with E-state index in [1.54, 1.807) is 6.92 Å². The summed E-state index contributed by atoms with van der Waals surface area (Å²) in [5.41, 5.74) is -0.566. The van der Waals surface area contributed by atoms with Crippen LogP contribution in [-0.4, -0.2) is 39.1 Å². The number of nitrogens with one attached hydrogen (secondary N) is 1. The molecule has 1 aliphatic rings. The Labute approximate surface area is 103 Å². The van der Waals surface area contributed by atoms with Crippen LogP contribution < -0.4 is 11.2 Å². The Morgan fingerprint density at radius 1 is 1.44 bits per heavy atom. The van der Waals surface area contributed by atoms with Crippen LogP contribution in [0.25, 0.3) is 0 Å². The lowest BCUT2D eigenvalue weighted by atomic mass is 10.0. The third kappa shape index (κ3) is 2.24. The molecule has 1 aromatic heterocycles. The van der Waals surface area contributed by atoms with Crippen molar-refractivity contribution in [2.24, 2.45) is 5.92 Å². The van der Waals surface area contributed by atoms with Crippen LogP contribution in [0.2, 0.25) is 0 Å². The Morgan fingerprint density at radius 3 is 2.72 bits per heavy atom. The van der Waals surface area contributed by atoms with Crippen LogP contribution in [0.3, 0.4) is 0 Å². The maximum absolute atomic E-state index is 11.7. The highest BCUT2D eigenvalue weighted by Gasteiger charge is 2.35. The van der Waals surface area contributed by atoms with Crippen molar-refractivity contribution in [2.75, 3.05) is 13.2 Å². The van der Waals surface area contributed by atoms with Crippen LogP contribution in [0.4, 0.5) is 0 Å². The third-order valence-corrected chi connectivity index (χ3v) is 3.23. The van der Waals surface area contributed by atoms with E-state index >= 15 is 0 Å². The standard InChI is InChI=1S/C11H16N2O5/c1-6-3-13(11(17)12-10(6)16)9-2-7(4-14)8(5-15)18-9/h3,7-9,14-15H,2,4-5H2,1H3,(H,12,16,17)/t7-,8+,9+/m0/s1. The summed E-state index contributed by atoms with van der Waals surface area (Å²) in [4.78, 5) is 25.1. The second kappa shape index (κ2) is 5.05. The Bertz CT molecular complexity index is 523. The molecule has 1 aliphatic heterocycles. The molecule has 0 saturated carbocycles. The number of ether oxygens (including phenoxy) is 1. The molecule has 2 rings (SSSR count). The third-order valence-electron chi connectivity index (χ3n) is 3.23.